The zero-order chi connectivity index (χ0) is 67.6. The first kappa shape index (κ1) is 77.0. The molecule has 3 aromatic rings. The number of ether oxygens (including phenoxy) is 4. The Morgan fingerprint density at radius 3 is 1.36 bits per heavy atom. The van der Waals surface area contributed by atoms with E-state index < -0.39 is 61.5 Å². The molecule has 6 aliphatic carbocycles. The molecule has 0 radical (unpaired) electrons. The van der Waals surface area contributed by atoms with Gasteiger partial charge in [0.15, 0.2) is 0 Å². The van der Waals surface area contributed by atoms with Crippen LogP contribution < -0.4 is 9.80 Å². The van der Waals surface area contributed by atoms with Gasteiger partial charge in [-0.3, -0.25) is 0 Å². The molecule has 5 unspecified atom stereocenters. The number of hydrogen-bond donors (Lipinski definition) is 0. The second-order valence-electron chi connectivity index (χ2n) is 26.2. The van der Waals surface area contributed by atoms with E-state index in [-0.39, 0.29) is 19.8 Å². The fourth-order valence-corrected chi connectivity index (χ4v) is 21.5. The maximum atomic E-state index is 13.6. The van der Waals surface area contributed by atoms with Crippen molar-refractivity contribution in [3.8, 4) is 0 Å². The van der Waals surface area contributed by atoms with E-state index in [0.29, 0.717) is 26.7 Å². The van der Waals surface area contributed by atoms with Crippen molar-refractivity contribution >= 4 is 43.3 Å². The first-order valence-electron chi connectivity index (χ1n) is 32.6. The van der Waals surface area contributed by atoms with E-state index in [0.717, 1.165) is 43.0 Å². The molecule has 5 atom stereocenters. The summed E-state index contributed by atoms with van der Waals surface area (Å²) in [7, 11) is 11.3. The van der Waals surface area contributed by atoms with Gasteiger partial charge < -0.3 is 28.7 Å². The van der Waals surface area contributed by atoms with Crippen molar-refractivity contribution in [1.29, 1.82) is 0 Å². The van der Waals surface area contributed by atoms with E-state index >= 15 is 0 Å². The number of hydrogen-bond acceptors (Lipinski definition) is 6. The number of rotatable bonds is 12. The SMILES string of the molecule is C1=CC2CCC1C2.C1CCC([PH+](C2CCCCC2)C2CCCCC2)CC1.C=CC1CCC(/C=C(/F)OC(C)(OC(=C)F)C(F)(F)F)C1.CC1(C(F)(F)F)OC(F)=C(F)O1.Cc1cc(C)c(N2[CH-]N(c3c(C)cc(C)cc3C)CC2)c(C)c1.[Cl][Ru]([Cl])=[CH]c1ccccc1. The van der Waals surface area contributed by atoms with Crippen molar-refractivity contribution in [1.82, 2.24) is 0 Å². The van der Waals surface area contributed by atoms with Crippen molar-refractivity contribution in [3.05, 3.63) is 162 Å². The molecule has 92 heavy (non-hydrogen) atoms. The number of alkyl halides is 6. The minimum absolute atomic E-state index is 0.0465. The molecule has 20 heteroatoms. The van der Waals surface area contributed by atoms with Crippen LogP contribution in [0, 0.1) is 71.9 Å². The number of nitrogens with zero attached hydrogens (tertiary/aromatic N) is 2. The Hall–Kier alpha value is -4.04. The topological polar surface area (TPSA) is 43.4 Å². The van der Waals surface area contributed by atoms with E-state index in [1.54, 1.807) is 102 Å². The number of anilines is 2. The Labute approximate surface area is 555 Å². The number of aryl methyl sites for hydroxylation is 6. The van der Waals surface area contributed by atoms with E-state index in [1.807, 2.05) is 34.9 Å². The summed E-state index contributed by atoms with van der Waals surface area (Å²) in [6.45, 7) is 24.5. The van der Waals surface area contributed by atoms with Crippen LogP contribution in [0.2, 0.25) is 0 Å². The summed E-state index contributed by atoms with van der Waals surface area (Å²) < 4.78 is 141. The average molecular weight is 1450 g/mol. The number of halogens is 12. The first-order chi connectivity index (χ1) is 43.4. The maximum absolute atomic E-state index is 13.6. The minimum atomic E-state index is -5.13. The van der Waals surface area contributed by atoms with Crippen LogP contribution in [-0.4, -0.2) is 58.6 Å². The van der Waals surface area contributed by atoms with Crippen molar-refractivity contribution in [2.75, 3.05) is 22.9 Å². The zero-order valence-electron chi connectivity index (χ0n) is 54.8. The molecule has 8 aliphatic rings. The van der Waals surface area contributed by atoms with Crippen LogP contribution in [0.4, 0.5) is 55.3 Å². The standard InChI is InChI=1S/C21H27N2.C18H33P.C14H17F5O2.C7H10.C7H6.C5H3F5O2.2ClH.Ru/c1-14-9-16(3)20(17(4)10-14)22-7-8-23(13-22)21-18(5)11-15(2)12-19(21)6;1-4-10-16(11-5-1)19(17-12-6-2-7-13-17)18-14-8-3-9-15-18;1-4-10-5-6-11(7-10)8-12(16)21-13(3,14(17,18)19)20-9(2)15;1-2-7-4-3-6(1)5-7;1-7-5-3-2-4-6-7;1-4(5(8,9)10)11-2(6)3(7)12-4;;;/h9-13H,7-8H2,1-6H3;16-18H,1-15H2;4,8,10-11H,1-2,5-7H2,3H3;1-2,6-7H,3-5H2;1-6H;1H3;2*1H;/q-1;;;;;;;;+2/p-1/b;;12-8-;;;;;;. The van der Waals surface area contributed by atoms with Gasteiger partial charge in [-0.2, -0.15) is 50.6 Å². The monoisotopic (exact) mass is 1450 g/mol. The average Bonchev–Trinajstić information content (AvgIpc) is 1.62. The molecule has 11 rings (SSSR count). The first-order valence-corrected chi connectivity index (χ1v) is 39.9. The molecule has 2 aliphatic heterocycles. The van der Waals surface area contributed by atoms with E-state index in [2.05, 4.69) is 127 Å². The number of allylic oxidation sites excluding steroid dienone is 4. The van der Waals surface area contributed by atoms with Gasteiger partial charge in [0.2, 0.25) is 0 Å². The van der Waals surface area contributed by atoms with Crippen molar-refractivity contribution in [2.24, 2.45) is 23.7 Å². The van der Waals surface area contributed by atoms with Crippen LogP contribution in [0.5, 0.6) is 0 Å². The molecule has 0 spiro atoms. The molecule has 1 saturated heterocycles. The van der Waals surface area contributed by atoms with E-state index in [4.69, 9.17) is 19.4 Å². The van der Waals surface area contributed by atoms with Crippen molar-refractivity contribution in [2.45, 2.75) is 231 Å². The molecule has 5 saturated carbocycles. The van der Waals surface area contributed by atoms with Crippen LogP contribution in [0.1, 0.15) is 188 Å². The number of benzene rings is 3. The van der Waals surface area contributed by atoms with Crippen LogP contribution in [0.3, 0.4) is 0 Å². The molecular formula is C72H97Cl2F10N2O4PRu. The van der Waals surface area contributed by atoms with Gasteiger partial charge in [0, 0.05) is 46.2 Å². The van der Waals surface area contributed by atoms with Gasteiger partial charge in [-0.05, 0) is 216 Å². The summed E-state index contributed by atoms with van der Waals surface area (Å²) >= 11 is -1.61. The van der Waals surface area contributed by atoms with Crippen LogP contribution >= 0.6 is 27.3 Å². The van der Waals surface area contributed by atoms with Gasteiger partial charge in [-0.15, -0.1) is 6.58 Å². The zero-order valence-corrected chi connectivity index (χ0v) is 59.0. The van der Waals surface area contributed by atoms with Crippen molar-refractivity contribution < 1.29 is 76.4 Å². The summed E-state index contributed by atoms with van der Waals surface area (Å²) in [4.78, 5) is 4.81. The molecule has 2 bridgehead atoms. The van der Waals surface area contributed by atoms with Gasteiger partial charge >= 0.3 is 109 Å². The number of fused-ring (bicyclic) bond motifs is 2. The van der Waals surface area contributed by atoms with Crippen LogP contribution in [0.25, 0.3) is 0 Å². The Balaban J connectivity index is 0.000000182. The summed E-state index contributed by atoms with van der Waals surface area (Å²) in [5, 5.41) is 0. The van der Waals surface area contributed by atoms with Gasteiger partial charge in [0.1, 0.15) is 0 Å². The Morgan fingerprint density at radius 2 is 1.04 bits per heavy atom. The summed E-state index contributed by atoms with van der Waals surface area (Å²) in [5.74, 6) is -4.78. The third-order valence-electron chi connectivity index (χ3n) is 18.7. The summed E-state index contributed by atoms with van der Waals surface area (Å²) in [6.07, 6.45) is 27.5. The summed E-state index contributed by atoms with van der Waals surface area (Å²) in [6, 6.07) is 11.9. The van der Waals surface area contributed by atoms with Gasteiger partial charge in [-0.25, -0.2) is 0 Å². The Kier molecular flexibility index (Phi) is 30.0. The Morgan fingerprint density at radius 1 is 0.630 bits per heavy atom. The molecule has 0 aromatic heterocycles. The van der Waals surface area contributed by atoms with E-state index in [1.165, 1.54) is 81.0 Å². The Bertz CT molecular complexity index is 2800. The molecule has 3 aromatic carbocycles. The fourth-order valence-electron chi connectivity index (χ4n) is 14.5. The predicted molar refractivity (Wildman–Crippen MR) is 355 cm³/mol. The second kappa shape index (κ2) is 35.8. The molecular weight excluding hydrogens is 1350 g/mol. The normalized spacial score (nSPS) is 23.1. The second-order valence-corrected chi connectivity index (χ2v) is 35.3. The molecule has 516 valence electrons. The summed E-state index contributed by atoms with van der Waals surface area (Å²) in [5.41, 5.74) is 15.6. The predicted octanol–water partition coefficient (Wildman–Crippen LogP) is 23.4. The van der Waals surface area contributed by atoms with E-state index in [9.17, 15) is 43.9 Å². The third-order valence-corrected chi connectivity index (χ3v) is 25.1. The molecule has 6 fully saturated rings. The quantitative estimate of drug-likeness (QED) is 0.0342. The fraction of sp³-hybridized carbons (Fsp3) is 0.583. The molecule has 6 nitrogen and oxygen atoms in total. The van der Waals surface area contributed by atoms with Gasteiger partial charge in [0.25, 0.3) is 12.0 Å². The van der Waals surface area contributed by atoms with Gasteiger partial charge in [-0.1, -0.05) is 72.9 Å². The van der Waals surface area contributed by atoms with Gasteiger partial charge in [0.05, 0.1) is 17.0 Å². The molecule has 0 N–H and O–H groups in total. The van der Waals surface area contributed by atoms with Crippen LogP contribution in [0.15, 0.2) is 116 Å². The third kappa shape index (κ3) is 23.1. The van der Waals surface area contributed by atoms with Crippen LogP contribution in [-0.2, 0) is 32.5 Å². The van der Waals surface area contributed by atoms with Crippen molar-refractivity contribution in [3.63, 3.8) is 0 Å². The molecule has 0 amide bonds. The molecule has 2 heterocycles.